The summed E-state index contributed by atoms with van der Waals surface area (Å²) in [7, 11) is 0. The standard InChI is InChI=1S/C12H14N2O4/c15-7-10-9(16)6-11(17-10)18-14-5-3-8-2-1-4-13-12(8)14/h1-5,9-11,15-16H,6-7H2/t9-,10+,11-/m0/s1. The molecule has 3 atom stereocenters. The third kappa shape index (κ3) is 1.94. The van der Waals surface area contributed by atoms with E-state index in [-0.39, 0.29) is 6.61 Å². The molecular weight excluding hydrogens is 236 g/mol. The Kier molecular flexibility index (Phi) is 2.91. The van der Waals surface area contributed by atoms with E-state index in [2.05, 4.69) is 4.98 Å². The zero-order chi connectivity index (χ0) is 12.5. The SMILES string of the molecule is OC[C@H]1O[C@@H](On2ccc3cccnc32)C[C@@H]1O. The van der Waals surface area contributed by atoms with E-state index in [1.165, 1.54) is 4.73 Å². The highest BCUT2D eigenvalue weighted by molar-refractivity contribution is 5.75. The summed E-state index contributed by atoms with van der Waals surface area (Å²) in [6, 6.07) is 5.67. The molecule has 0 aromatic carbocycles. The average Bonchev–Trinajstić information content (AvgIpc) is 2.94. The highest BCUT2D eigenvalue weighted by Crippen LogP contribution is 2.20. The number of aliphatic hydroxyl groups is 2. The van der Waals surface area contributed by atoms with Crippen molar-refractivity contribution in [2.75, 3.05) is 6.61 Å². The first-order valence-corrected chi connectivity index (χ1v) is 5.81. The third-order valence-corrected chi connectivity index (χ3v) is 3.02. The van der Waals surface area contributed by atoms with Gasteiger partial charge in [0.1, 0.15) is 6.10 Å². The Morgan fingerprint density at radius 2 is 2.39 bits per heavy atom. The lowest BCUT2D eigenvalue weighted by atomic mass is 10.2. The van der Waals surface area contributed by atoms with Crippen LogP contribution in [0.2, 0.25) is 0 Å². The lowest BCUT2D eigenvalue weighted by Crippen LogP contribution is -2.26. The van der Waals surface area contributed by atoms with Gasteiger partial charge in [0, 0.05) is 24.2 Å². The first-order chi connectivity index (χ1) is 8.78. The second-order valence-corrected chi connectivity index (χ2v) is 4.25. The van der Waals surface area contributed by atoms with Gasteiger partial charge in [-0.2, -0.15) is 4.73 Å². The first-order valence-electron chi connectivity index (χ1n) is 5.81. The van der Waals surface area contributed by atoms with Crippen molar-refractivity contribution >= 4 is 11.0 Å². The van der Waals surface area contributed by atoms with Gasteiger partial charge in [-0.25, -0.2) is 4.98 Å². The summed E-state index contributed by atoms with van der Waals surface area (Å²) in [6.07, 6.45) is 1.91. The predicted molar refractivity (Wildman–Crippen MR) is 62.7 cm³/mol. The van der Waals surface area contributed by atoms with Gasteiger partial charge in [0.2, 0.25) is 6.29 Å². The van der Waals surface area contributed by atoms with Crippen molar-refractivity contribution < 1.29 is 19.8 Å². The molecule has 18 heavy (non-hydrogen) atoms. The van der Waals surface area contributed by atoms with Gasteiger partial charge in [0.15, 0.2) is 5.65 Å². The first kappa shape index (κ1) is 11.5. The molecule has 2 aromatic rings. The summed E-state index contributed by atoms with van der Waals surface area (Å²) in [5, 5.41) is 19.6. The van der Waals surface area contributed by atoms with Crippen LogP contribution in [0.25, 0.3) is 11.0 Å². The molecule has 0 unspecified atom stereocenters. The maximum Gasteiger partial charge on any atom is 0.227 e. The Morgan fingerprint density at radius 3 is 3.17 bits per heavy atom. The number of aromatic nitrogens is 2. The molecule has 6 heteroatoms. The molecular formula is C12H14N2O4. The summed E-state index contributed by atoms with van der Waals surface area (Å²) in [5.41, 5.74) is 0.697. The van der Waals surface area contributed by atoms with Gasteiger partial charge >= 0.3 is 0 Å². The van der Waals surface area contributed by atoms with Crippen LogP contribution in [0.3, 0.4) is 0 Å². The van der Waals surface area contributed by atoms with E-state index in [9.17, 15) is 5.11 Å². The molecule has 0 saturated carbocycles. The molecule has 2 aromatic heterocycles. The van der Waals surface area contributed by atoms with Gasteiger partial charge in [-0.05, 0) is 18.2 Å². The molecule has 96 valence electrons. The molecule has 0 aliphatic carbocycles. The number of pyridine rings is 1. The van der Waals surface area contributed by atoms with Crippen molar-refractivity contribution in [2.24, 2.45) is 0 Å². The minimum absolute atomic E-state index is 0.217. The van der Waals surface area contributed by atoms with E-state index in [4.69, 9.17) is 14.7 Å². The maximum absolute atomic E-state index is 9.61. The minimum Gasteiger partial charge on any atom is -0.394 e. The molecule has 2 N–H and O–H groups in total. The van der Waals surface area contributed by atoms with Crippen LogP contribution in [-0.4, -0.2) is 45.0 Å². The van der Waals surface area contributed by atoms with Crippen molar-refractivity contribution in [3.63, 3.8) is 0 Å². The van der Waals surface area contributed by atoms with E-state index in [0.717, 1.165) is 5.39 Å². The fourth-order valence-electron chi connectivity index (χ4n) is 2.08. The predicted octanol–water partition coefficient (Wildman–Crippen LogP) is -0.0669. The molecule has 0 radical (unpaired) electrons. The number of fused-ring (bicyclic) bond motifs is 1. The van der Waals surface area contributed by atoms with Crippen molar-refractivity contribution in [1.29, 1.82) is 0 Å². The molecule has 6 nitrogen and oxygen atoms in total. The van der Waals surface area contributed by atoms with Crippen molar-refractivity contribution in [3.8, 4) is 0 Å². The fraction of sp³-hybridized carbons (Fsp3) is 0.417. The Morgan fingerprint density at radius 1 is 1.50 bits per heavy atom. The average molecular weight is 250 g/mol. The zero-order valence-corrected chi connectivity index (χ0v) is 9.64. The lowest BCUT2D eigenvalue weighted by Gasteiger charge is -2.14. The monoisotopic (exact) mass is 250 g/mol. The largest absolute Gasteiger partial charge is 0.394 e. The Balaban J connectivity index is 1.77. The number of ether oxygens (including phenoxy) is 1. The number of hydrogen-bond donors (Lipinski definition) is 2. The molecule has 1 aliphatic heterocycles. The Bertz CT molecular complexity index is 542. The van der Waals surface area contributed by atoms with Crippen LogP contribution in [-0.2, 0) is 4.74 Å². The van der Waals surface area contributed by atoms with E-state index in [0.29, 0.717) is 12.1 Å². The lowest BCUT2D eigenvalue weighted by molar-refractivity contribution is -0.143. The third-order valence-electron chi connectivity index (χ3n) is 3.02. The van der Waals surface area contributed by atoms with Gasteiger partial charge in [-0.3, -0.25) is 0 Å². The highest BCUT2D eigenvalue weighted by Gasteiger charge is 2.35. The number of aliphatic hydroxyl groups excluding tert-OH is 2. The Labute approximate surface area is 103 Å². The minimum atomic E-state index is -0.699. The van der Waals surface area contributed by atoms with Gasteiger partial charge < -0.3 is 19.8 Å². The molecule has 0 spiro atoms. The number of hydrogen-bond acceptors (Lipinski definition) is 5. The van der Waals surface area contributed by atoms with E-state index >= 15 is 0 Å². The molecule has 1 saturated heterocycles. The number of nitrogens with zero attached hydrogens (tertiary/aromatic N) is 2. The van der Waals surface area contributed by atoms with E-state index in [1.54, 1.807) is 12.4 Å². The molecule has 1 aliphatic rings. The van der Waals surface area contributed by atoms with Crippen LogP contribution in [0.1, 0.15) is 6.42 Å². The molecule has 3 heterocycles. The summed E-state index contributed by atoms with van der Waals surface area (Å²) < 4.78 is 6.89. The van der Waals surface area contributed by atoms with Gasteiger partial charge in [-0.15, -0.1) is 0 Å². The highest BCUT2D eigenvalue weighted by atomic mass is 16.8. The van der Waals surface area contributed by atoms with Crippen LogP contribution in [0.5, 0.6) is 0 Å². The van der Waals surface area contributed by atoms with Crippen molar-refractivity contribution in [3.05, 3.63) is 30.6 Å². The van der Waals surface area contributed by atoms with Gasteiger partial charge in [-0.1, -0.05) is 0 Å². The van der Waals surface area contributed by atoms with Gasteiger partial charge in [0.25, 0.3) is 0 Å². The fourth-order valence-corrected chi connectivity index (χ4v) is 2.08. The van der Waals surface area contributed by atoms with Crippen molar-refractivity contribution in [1.82, 2.24) is 9.71 Å². The van der Waals surface area contributed by atoms with Gasteiger partial charge in [0.05, 0.1) is 12.7 Å². The Hall–Kier alpha value is -1.63. The summed E-state index contributed by atoms with van der Waals surface area (Å²) in [6.45, 7) is -0.217. The molecule has 1 fully saturated rings. The van der Waals surface area contributed by atoms with E-state index in [1.807, 2.05) is 18.2 Å². The second-order valence-electron chi connectivity index (χ2n) is 4.25. The van der Waals surface area contributed by atoms with Crippen LogP contribution in [0.4, 0.5) is 0 Å². The quantitative estimate of drug-likeness (QED) is 0.797. The number of rotatable bonds is 3. The summed E-state index contributed by atoms with van der Waals surface area (Å²) in [5.74, 6) is 0. The van der Waals surface area contributed by atoms with Crippen molar-refractivity contribution in [2.45, 2.75) is 24.9 Å². The molecule has 0 amide bonds. The topological polar surface area (TPSA) is 76.7 Å². The second kappa shape index (κ2) is 4.56. The summed E-state index contributed by atoms with van der Waals surface area (Å²) in [4.78, 5) is 9.80. The van der Waals surface area contributed by atoms with Crippen LogP contribution in [0.15, 0.2) is 30.6 Å². The van der Waals surface area contributed by atoms with Crippen LogP contribution >= 0.6 is 0 Å². The van der Waals surface area contributed by atoms with E-state index < -0.39 is 18.5 Å². The molecule has 0 bridgehead atoms. The van der Waals surface area contributed by atoms with Crippen LogP contribution in [0, 0.1) is 0 Å². The summed E-state index contributed by atoms with van der Waals surface area (Å²) >= 11 is 0. The van der Waals surface area contributed by atoms with Crippen LogP contribution < -0.4 is 4.84 Å². The maximum atomic E-state index is 9.61. The zero-order valence-electron chi connectivity index (χ0n) is 9.64. The molecule has 3 rings (SSSR count). The smallest absolute Gasteiger partial charge is 0.227 e. The normalized spacial score (nSPS) is 27.8.